The summed E-state index contributed by atoms with van der Waals surface area (Å²) in [5.41, 5.74) is 3.43. The maximum Gasteiger partial charge on any atom is 0.209 e. The van der Waals surface area contributed by atoms with E-state index >= 15 is 0 Å². The maximum absolute atomic E-state index is 11.8. The average molecular weight is 413 g/mol. The summed E-state index contributed by atoms with van der Waals surface area (Å²) in [5, 5.41) is 8.70. The van der Waals surface area contributed by atoms with Gasteiger partial charge in [-0.15, -0.1) is 5.10 Å². The molecular formula is C17H24N4O2S3. The molecule has 26 heavy (non-hydrogen) atoms. The quantitative estimate of drug-likeness (QED) is 0.733. The summed E-state index contributed by atoms with van der Waals surface area (Å²) in [6.45, 7) is 7.47. The van der Waals surface area contributed by atoms with E-state index in [0.717, 1.165) is 17.4 Å². The van der Waals surface area contributed by atoms with Gasteiger partial charge in [0.2, 0.25) is 5.13 Å². The first kappa shape index (κ1) is 19.5. The normalized spacial score (nSPS) is 19.2. The van der Waals surface area contributed by atoms with Crippen LogP contribution in [-0.2, 0) is 16.5 Å². The molecule has 1 atom stereocenters. The van der Waals surface area contributed by atoms with Gasteiger partial charge in [0.1, 0.15) is 0 Å². The van der Waals surface area contributed by atoms with Gasteiger partial charge >= 0.3 is 0 Å². The average Bonchev–Trinajstić information content (AvgIpc) is 3.11. The number of nitrogens with zero attached hydrogens (tertiary/aromatic N) is 3. The molecule has 3 rings (SSSR count). The molecule has 1 saturated heterocycles. The van der Waals surface area contributed by atoms with Gasteiger partial charge < -0.3 is 5.32 Å². The number of sulfone groups is 1. The summed E-state index contributed by atoms with van der Waals surface area (Å²) in [6, 6.07) is 6.17. The molecule has 2 aromatic rings. The van der Waals surface area contributed by atoms with Gasteiger partial charge in [0.25, 0.3) is 0 Å². The molecular weight excluding hydrogens is 388 g/mol. The Hall–Kier alpha value is -1.29. The Morgan fingerprint density at radius 3 is 2.85 bits per heavy atom. The van der Waals surface area contributed by atoms with Crippen LogP contribution in [0.25, 0.3) is 0 Å². The van der Waals surface area contributed by atoms with Crippen molar-refractivity contribution in [1.29, 1.82) is 0 Å². The smallest absolute Gasteiger partial charge is 0.209 e. The molecule has 0 bridgehead atoms. The van der Waals surface area contributed by atoms with Crippen molar-refractivity contribution in [1.82, 2.24) is 14.7 Å². The van der Waals surface area contributed by atoms with Crippen LogP contribution in [0.4, 0.5) is 10.8 Å². The lowest BCUT2D eigenvalue weighted by Crippen LogP contribution is -2.37. The summed E-state index contributed by atoms with van der Waals surface area (Å²) in [5.74, 6) is 0.502. The van der Waals surface area contributed by atoms with Crippen molar-refractivity contribution >= 4 is 44.2 Å². The van der Waals surface area contributed by atoms with Crippen LogP contribution in [0, 0.1) is 17.8 Å². The van der Waals surface area contributed by atoms with Crippen LogP contribution in [0.2, 0.25) is 0 Å². The highest BCUT2D eigenvalue weighted by atomic mass is 32.2. The second-order valence-electron chi connectivity index (χ2n) is 6.65. The Bertz CT molecular complexity index is 949. The van der Waals surface area contributed by atoms with E-state index in [1.165, 1.54) is 22.5 Å². The predicted octanol–water partition coefficient (Wildman–Crippen LogP) is 3.50. The molecule has 1 aliphatic heterocycles. The summed E-state index contributed by atoms with van der Waals surface area (Å²) in [7, 11) is -2.90. The van der Waals surface area contributed by atoms with Gasteiger partial charge in [0.15, 0.2) is 13.8 Å². The minimum atomic E-state index is -2.90. The zero-order valence-electron chi connectivity index (χ0n) is 15.2. The molecule has 1 N–H and O–H groups in total. The van der Waals surface area contributed by atoms with Crippen LogP contribution in [-0.4, -0.2) is 47.2 Å². The Labute approximate surface area is 163 Å². The van der Waals surface area contributed by atoms with E-state index < -0.39 is 9.84 Å². The van der Waals surface area contributed by atoms with E-state index in [2.05, 4.69) is 35.2 Å². The maximum atomic E-state index is 11.8. The topological polar surface area (TPSA) is 67.2 Å². The fourth-order valence-corrected chi connectivity index (χ4v) is 5.92. The number of nitrogens with one attached hydrogen (secondary N) is 1. The molecule has 1 fully saturated rings. The number of rotatable bonds is 6. The minimum Gasteiger partial charge on any atom is -0.330 e. The number of benzene rings is 1. The predicted molar refractivity (Wildman–Crippen MR) is 110 cm³/mol. The largest absolute Gasteiger partial charge is 0.330 e. The molecule has 2 heterocycles. The van der Waals surface area contributed by atoms with E-state index in [4.69, 9.17) is 12.2 Å². The third kappa shape index (κ3) is 4.33. The van der Waals surface area contributed by atoms with Gasteiger partial charge in [-0.05, 0) is 56.2 Å². The molecule has 0 saturated carbocycles. The number of aryl methyl sites for hydroxylation is 1. The highest BCUT2D eigenvalue weighted by Crippen LogP contribution is 2.25. The minimum absolute atomic E-state index is 0.0454. The van der Waals surface area contributed by atoms with Crippen molar-refractivity contribution in [3.63, 3.8) is 0 Å². The number of aromatic nitrogens is 2. The van der Waals surface area contributed by atoms with Gasteiger partial charge in [0.05, 0.1) is 18.2 Å². The summed E-state index contributed by atoms with van der Waals surface area (Å²) >= 11 is 6.90. The van der Waals surface area contributed by atoms with Crippen molar-refractivity contribution in [2.75, 3.05) is 23.4 Å². The van der Waals surface area contributed by atoms with Crippen molar-refractivity contribution in [3.05, 3.63) is 33.3 Å². The van der Waals surface area contributed by atoms with Gasteiger partial charge in [-0.1, -0.05) is 30.4 Å². The highest BCUT2D eigenvalue weighted by molar-refractivity contribution is 7.91. The summed E-state index contributed by atoms with van der Waals surface area (Å²) in [4.78, 5) is 2.14. The Balaban J connectivity index is 1.75. The molecule has 9 heteroatoms. The Kier molecular flexibility index (Phi) is 5.81. The van der Waals surface area contributed by atoms with E-state index in [9.17, 15) is 8.42 Å². The molecule has 0 radical (unpaired) electrons. The van der Waals surface area contributed by atoms with Gasteiger partial charge in [-0.2, -0.15) is 0 Å². The SMILES string of the molecule is CCN(Cn1nc(Nc2cccc(C)c2C)sc1=S)[C@@H]1CCS(=O)(=O)C1. The van der Waals surface area contributed by atoms with Crippen molar-refractivity contribution in [2.24, 2.45) is 0 Å². The Morgan fingerprint density at radius 1 is 1.42 bits per heavy atom. The second kappa shape index (κ2) is 7.75. The van der Waals surface area contributed by atoms with Gasteiger partial charge in [-0.3, -0.25) is 4.90 Å². The van der Waals surface area contributed by atoms with Crippen molar-refractivity contribution < 1.29 is 8.42 Å². The van der Waals surface area contributed by atoms with Crippen LogP contribution in [0.3, 0.4) is 0 Å². The first-order valence-corrected chi connectivity index (χ1v) is 11.7. The van der Waals surface area contributed by atoms with E-state index in [-0.39, 0.29) is 17.5 Å². The van der Waals surface area contributed by atoms with Crippen LogP contribution in [0.1, 0.15) is 24.5 Å². The summed E-state index contributed by atoms with van der Waals surface area (Å²) < 4.78 is 26.0. The molecule has 0 aliphatic carbocycles. The summed E-state index contributed by atoms with van der Waals surface area (Å²) in [6.07, 6.45) is 0.682. The molecule has 1 aromatic carbocycles. The lowest BCUT2D eigenvalue weighted by atomic mass is 10.1. The zero-order valence-corrected chi connectivity index (χ0v) is 17.7. The molecule has 6 nitrogen and oxygen atoms in total. The first-order chi connectivity index (χ1) is 12.3. The van der Waals surface area contributed by atoms with Gasteiger partial charge in [-0.25, -0.2) is 13.1 Å². The molecule has 142 valence electrons. The molecule has 1 aliphatic rings. The Morgan fingerprint density at radius 2 is 2.19 bits per heavy atom. The van der Waals surface area contributed by atoms with E-state index in [1.807, 2.05) is 19.1 Å². The van der Waals surface area contributed by atoms with Crippen LogP contribution in [0.15, 0.2) is 18.2 Å². The highest BCUT2D eigenvalue weighted by Gasteiger charge is 2.31. The first-order valence-electron chi connectivity index (χ1n) is 8.64. The molecule has 0 spiro atoms. The van der Waals surface area contributed by atoms with Gasteiger partial charge in [0, 0.05) is 11.7 Å². The van der Waals surface area contributed by atoms with Crippen LogP contribution in [0.5, 0.6) is 0 Å². The van der Waals surface area contributed by atoms with E-state index in [0.29, 0.717) is 17.0 Å². The van der Waals surface area contributed by atoms with Crippen LogP contribution >= 0.6 is 23.6 Å². The second-order valence-corrected chi connectivity index (χ2v) is 10.5. The zero-order chi connectivity index (χ0) is 18.9. The molecule has 1 aromatic heterocycles. The molecule has 0 unspecified atom stereocenters. The van der Waals surface area contributed by atoms with E-state index in [1.54, 1.807) is 4.68 Å². The third-order valence-electron chi connectivity index (χ3n) is 4.90. The number of hydrogen-bond acceptors (Lipinski definition) is 7. The monoisotopic (exact) mass is 412 g/mol. The number of hydrogen-bond donors (Lipinski definition) is 1. The number of anilines is 2. The van der Waals surface area contributed by atoms with Crippen molar-refractivity contribution in [2.45, 2.75) is 39.9 Å². The fourth-order valence-electron chi connectivity index (χ4n) is 3.16. The fraction of sp³-hybridized carbons (Fsp3) is 0.529. The lowest BCUT2D eigenvalue weighted by Gasteiger charge is -2.26. The van der Waals surface area contributed by atoms with Crippen molar-refractivity contribution in [3.8, 4) is 0 Å². The van der Waals surface area contributed by atoms with Crippen LogP contribution < -0.4 is 5.32 Å². The standard InChI is InChI=1S/C17H24N4O2S3/c1-4-20(14-8-9-26(22,23)10-14)11-21-17(24)25-16(19-21)18-15-7-5-6-12(2)13(15)3/h5-7,14H,4,8-11H2,1-3H3,(H,18,19)/t14-/m1/s1. The third-order valence-corrected chi connectivity index (χ3v) is 7.87. The molecule has 0 amide bonds. The lowest BCUT2D eigenvalue weighted by molar-refractivity contribution is 0.165.